The molecular weight excluding hydrogens is 385 g/mol. The minimum Gasteiger partial charge on any atom is -0.454 e. The quantitative estimate of drug-likeness (QED) is 0.475. The summed E-state index contributed by atoms with van der Waals surface area (Å²) in [5, 5.41) is 4.70. The van der Waals surface area contributed by atoms with Crippen LogP contribution in [-0.2, 0) is 0 Å². The lowest BCUT2D eigenvalue weighted by Crippen LogP contribution is -1.97. The van der Waals surface area contributed by atoms with Gasteiger partial charge in [0.25, 0.3) is 0 Å². The minimum absolute atomic E-state index is 0.234. The van der Waals surface area contributed by atoms with Gasteiger partial charge in [0.05, 0.1) is 5.02 Å². The number of nitrogens with zero attached hydrogens (tertiary/aromatic N) is 2. The number of imidazole rings is 1. The molecular formula is C20H13Cl2N3O2. The Labute approximate surface area is 165 Å². The number of benzene rings is 2. The highest BCUT2D eigenvalue weighted by atomic mass is 35.5. The van der Waals surface area contributed by atoms with Crippen LogP contribution in [0.3, 0.4) is 0 Å². The molecule has 0 atom stereocenters. The molecule has 0 saturated heterocycles. The summed E-state index contributed by atoms with van der Waals surface area (Å²) < 4.78 is 12.8. The Morgan fingerprint density at radius 3 is 2.70 bits per heavy atom. The van der Waals surface area contributed by atoms with E-state index in [1.807, 2.05) is 65.2 Å². The van der Waals surface area contributed by atoms with Crippen molar-refractivity contribution in [2.24, 2.45) is 0 Å². The molecule has 1 N–H and O–H groups in total. The lowest BCUT2D eigenvalue weighted by Gasteiger charge is -2.10. The van der Waals surface area contributed by atoms with Gasteiger partial charge >= 0.3 is 0 Å². The molecule has 2 aromatic heterocycles. The van der Waals surface area contributed by atoms with Gasteiger partial charge in [0, 0.05) is 28.5 Å². The topological polar surface area (TPSA) is 47.8 Å². The van der Waals surface area contributed by atoms with Crippen LogP contribution in [0.2, 0.25) is 10.0 Å². The summed E-state index contributed by atoms with van der Waals surface area (Å²) in [4.78, 5) is 4.76. The van der Waals surface area contributed by atoms with Crippen molar-refractivity contribution in [2.45, 2.75) is 0 Å². The van der Waals surface area contributed by atoms with Crippen LogP contribution in [0.1, 0.15) is 0 Å². The fourth-order valence-corrected chi connectivity index (χ4v) is 3.44. The molecule has 0 bridgehead atoms. The fourth-order valence-electron chi connectivity index (χ4n) is 3.09. The van der Waals surface area contributed by atoms with Crippen molar-refractivity contribution in [1.82, 2.24) is 9.38 Å². The third-order valence-corrected chi connectivity index (χ3v) is 4.77. The van der Waals surface area contributed by atoms with E-state index in [-0.39, 0.29) is 6.79 Å². The van der Waals surface area contributed by atoms with E-state index in [0.29, 0.717) is 15.8 Å². The largest absolute Gasteiger partial charge is 0.454 e. The lowest BCUT2D eigenvalue weighted by atomic mass is 10.1. The molecule has 5 nitrogen and oxygen atoms in total. The zero-order valence-corrected chi connectivity index (χ0v) is 15.5. The van der Waals surface area contributed by atoms with Crippen molar-refractivity contribution in [2.75, 3.05) is 12.1 Å². The predicted molar refractivity (Wildman–Crippen MR) is 106 cm³/mol. The normalized spacial score (nSPS) is 12.5. The van der Waals surface area contributed by atoms with E-state index < -0.39 is 0 Å². The Balaban J connectivity index is 1.67. The first-order valence-electron chi connectivity index (χ1n) is 8.27. The molecule has 0 unspecified atom stereocenters. The highest BCUT2D eigenvalue weighted by Gasteiger charge is 2.18. The molecule has 1 aliphatic rings. The Morgan fingerprint density at radius 1 is 0.926 bits per heavy atom. The average molecular weight is 398 g/mol. The molecule has 4 aromatic rings. The van der Waals surface area contributed by atoms with E-state index in [4.69, 9.17) is 37.7 Å². The number of aromatic nitrogens is 2. The van der Waals surface area contributed by atoms with Crippen LogP contribution in [0.5, 0.6) is 11.5 Å². The second-order valence-corrected chi connectivity index (χ2v) is 6.96. The molecule has 0 fully saturated rings. The number of nitrogens with one attached hydrogen (secondary N) is 1. The van der Waals surface area contributed by atoms with E-state index in [9.17, 15) is 0 Å². The second kappa shape index (κ2) is 6.37. The number of fused-ring (bicyclic) bond motifs is 2. The van der Waals surface area contributed by atoms with Gasteiger partial charge in [-0.25, -0.2) is 4.98 Å². The summed E-state index contributed by atoms with van der Waals surface area (Å²) >= 11 is 12.4. The number of ether oxygens (including phenoxy) is 2. The van der Waals surface area contributed by atoms with Crippen molar-refractivity contribution < 1.29 is 9.47 Å². The predicted octanol–water partition coefficient (Wildman–Crippen LogP) is 5.78. The lowest BCUT2D eigenvalue weighted by molar-refractivity contribution is 0.174. The number of pyridine rings is 1. The van der Waals surface area contributed by atoms with Gasteiger partial charge in [-0.1, -0.05) is 35.3 Å². The van der Waals surface area contributed by atoms with E-state index >= 15 is 0 Å². The highest BCUT2D eigenvalue weighted by Crippen LogP contribution is 2.37. The highest BCUT2D eigenvalue weighted by molar-refractivity contribution is 6.31. The van der Waals surface area contributed by atoms with Crippen LogP contribution in [0.15, 0.2) is 60.8 Å². The van der Waals surface area contributed by atoms with Crippen molar-refractivity contribution >= 4 is 40.4 Å². The number of anilines is 2. The van der Waals surface area contributed by atoms with E-state index in [1.165, 1.54) is 0 Å². The smallest absolute Gasteiger partial charge is 0.231 e. The van der Waals surface area contributed by atoms with Crippen LogP contribution in [0, 0.1) is 0 Å². The third kappa shape index (κ3) is 2.95. The van der Waals surface area contributed by atoms with Gasteiger partial charge in [0.15, 0.2) is 11.5 Å². The molecule has 134 valence electrons. The summed E-state index contributed by atoms with van der Waals surface area (Å²) in [6.45, 7) is 0.234. The van der Waals surface area contributed by atoms with Crippen molar-refractivity contribution in [1.29, 1.82) is 0 Å². The Bertz CT molecular complexity index is 1170. The first-order valence-corrected chi connectivity index (χ1v) is 9.03. The maximum Gasteiger partial charge on any atom is 0.231 e. The van der Waals surface area contributed by atoms with Crippen LogP contribution in [-0.4, -0.2) is 16.2 Å². The first-order chi connectivity index (χ1) is 13.2. The van der Waals surface area contributed by atoms with E-state index in [1.54, 1.807) is 0 Å². The molecule has 0 amide bonds. The Morgan fingerprint density at radius 2 is 1.81 bits per heavy atom. The summed E-state index contributed by atoms with van der Waals surface area (Å²) in [7, 11) is 0. The van der Waals surface area contributed by atoms with Gasteiger partial charge in [0.1, 0.15) is 17.2 Å². The maximum absolute atomic E-state index is 6.22. The summed E-state index contributed by atoms with van der Waals surface area (Å²) in [5.41, 5.74) is 3.31. The number of halogens is 2. The van der Waals surface area contributed by atoms with Crippen LogP contribution in [0.25, 0.3) is 16.9 Å². The second-order valence-electron chi connectivity index (χ2n) is 6.09. The zero-order valence-electron chi connectivity index (χ0n) is 13.9. The van der Waals surface area contributed by atoms with Crippen molar-refractivity contribution in [3.05, 3.63) is 70.8 Å². The summed E-state index contributed by atoms with van der Waals surface area (Å²) in [5.74, 6) is 2.22. The van der Waals surface area contributed by atoms with E-state index in [0.717, 1.165) is 34.2 Å². The summed E-state index contributed by atoms with van der Waals surface area (Å²) in [6, 6.07) is 17.0. The van der Waals surface area contributed by atoms with Gasteiger partial charge in [-0.2, -0.15) is 0 Å². The monoisotopic (exact) mass is 397 g/mol. The molecule has 1 aliphatic heterocycles. The summed E-state index contributed by atoms with van der Waals surface area (Å²) in [6.07, 6.45) is 1.83. The SMILES string of the molecule is Clc1cccc(-c2nc3ccc(Cl)cn3c2Nc2ccc3c(c2)OCO3)c1. The Kier molecular flexibility index (Phi) is 3.85. The van der Waals surface area contributed by atoms with Gasteiger partial charge in [-0.3, -0.25) is 4.40 Å². The van der Waals surface area contributed by atoms with E-state index in [2.05, 4.69) is 5.32 Å². The molecule has 0 saturated carbocycles. The third-order valence-electron chi connectivity index (χ3n) is 4.32. The van der Waals surface area contributed by atoms with Crippen LogP contribution in [0.4, 0.5) is 11.5 Å². The zero-order chi connectivity index (χ0) is 18.4. The molecule has 2 aromatic carbocycles. The molecule has 27 heavy (non-hydrogen) atoms. The van der Waals surface area contributed by atoms with Crippen molar-refractivity contribution in [3.63, 3.8) is 0 Å². The van der Waals surface area contributed by atoms with Gasteiger partial charge in [-0.15, -0.1) is 0 Å². The average Bonchev–Trinajstić information content (AvgIpc) is 3.26. The fraction of sp³-hybridized carbons (Fsp3) is 0.0500. The van der Waals surface area contributed by atoms with Crippen molar-refractivity contribution in [3.8, 4) is 22.8 Å². The maximum atomic E-state index is 6.22. The standard InChI is InChI=1S/C20H13Cl2N3O2/c21-13-3-1-2-12(8-13)19-20(25-10-14(22)4-7-18(25)24-19)23-15-5-6-16-17(9-15)27-11-26-16/h1-10,23H,11H2. The molecule has 7 heteroatoms. The molecule has 5 rings (SSSR count). The molecule has 0 aliphatic carbocycles. The molecule has 0 spiro atoms. The number of hydrogen-bond donors (Lipinski definition) is 1. The molecule has 3 heterocycles. The van der Waals surface area contributed by atoms with Gasteiger partial charge in [-0.05, 0) is 36.4 Å². The first kappa shape index (κ1) is 16.3. The number of hydrogen-bond acceptors (Lipinski definition) is 4. The Hall–Kier alpha value is -2.89. The van der Waals surface area contributed by atoms with Gasteiger partial charge < -0.3 is 14.8 Å². The number of rotatable bonds is 3. The van der Waals surface area contributed by atoms with Crippen LogP contribution < -0.4 is 14.8 Å². The minimum atomic E-state index is 0.234. The molecule has 0 radical (unpaired) electrons. The van der Waals surface area contributed by atoms with Crippen LogP contribution >= 0.6 is 23.2 Å². The van der Waals surface area contributed by atoms with Gasteiger partial charge in [0.2, 0.25) is 6.79 Å².